The summed E-state index contributed by atoms with van der Waals surface area (Å²) >= 11 is 0. The molecule has 0 rings (SSSR count). The number of aliphatic hydroxyl groups excluding tert-OH is 1. The summed E-state index contributed by atoms with van der Waals surface area (Å²) in [5.74, 6) is -1.44. The Labute approximate surface area is 516 Å². The van der Waals surface area contributed by atoms with E-state index in [4.69, 9.17) is 37.0 Å². The van der Waals surface area contributed by atoms with Gasteiger partial charge in [0.1, 0.15) is 19.3 Å². The largest absolute Gasteiger partial charge is 0.472 e. The number of hydrogen-bond acceptors (Lipinski definition) is 15. The van der Waals surface area contributed by atoms with E-state index in [1.54, 1.807) is 0 Å². The van der Waals surface area contributed by atoms with Crippen LogP contribution in [-0.4, -0.2) is 96.7 Å². The second-order valence-electron chi connectivity index (χ2n) is 23.6. The predicted molar refractivity (Wildman–Crippen MR) is 340 cm³/mol. The SMILES string of the molecule is CCCCCC/C=C\C=C/CCCCCCCC(=O)O[C@H](COC(=O)CCCCCCCCCCC(C)C)COP(=O)(O)OC[C@@H](O)COP(=O)(O)OC[C@@H](COC(=O)CCCCCCCCCC)OC(=O)CCCCCCCCCCCCC. The van der Waals surface area contributed by atoms with E-state index in [2.05, 4.69) is 58.9 Å². The summed E-state index contributed by atoms with van der Waals surface area (Å²) in [6.07, 6.45) is 46.7. The molecule has 0 spiro atoms. The fraction of sp³-hybridized carbons (Fsp3) is 0.879. The summed E-state index contributed by atoms with van der Waals surface area (Å²) in [7, 11) is -9.90. The molecule has 0 heterocycles. The molecule has 0 aliphatic heterocycles. The highest BCUT2D eigenvalue weighted by Crippen LogP contribution is 2.45. The number of phosphoric ester groups is 2. The molecule has 5 atom stereocenters. The number of esters is 4. The third kappa shape index (κ3) is 60.2. The van der Waals surface area contributed by atoms with Gasteiger partial charge >= 0.3 is 39.5 Å². The van der Waals surface area contributed by atoms with Gasteiger partial charge in [0.05, 0.1) is 26.4 Å². The first kappa shape index (κ1) is 82.5. The van der Waals surface area contributed by atoms with Gasteiger partial charge in [0.25, 0.3) is 0 Å². The Bertz CT molecular complexity index is 1740. The highest BCUT2D eigenvalue weighted by molar-refractivity contribution is 7.47. The quantitative estimate of drug-likeness (QED) is 0.0169. The van der Waals surface area contributed by atoms with E-state index in [1.807, 2.05) is 0 Å². The number of ether oxygens (including phenoxy) is 4. The highest BCUT2D eigenvalue weighted by atomic mass is 31.2. The van der Waals surface area contributed by atoms with Crippen molar-refractivity contribution in [2.45, 2.75) is 329 Å². The summed E-state index contributed by atoms with van der Waals surface area (Å²) in [6, 6.07) is 0. The van der Waals surface area contributed by atoms with Gasteiger partial charge in [-0.2, -0.15) is 0 Å². The predicted octanol–water partition coefficient (Wildman–Crippen LogP) is 18.1. The Balaban J connectivity index is 5.26. The lowest BCUT2D eigenvalue weighted by molar-refractivity contribution is -0.161. The molecule has 85 heavy (non-hydrogen) atoms. The van der Waals surface area contributed by atoms with E-state index in [0.717, 1.165) is 121 Å². The molecular weight excluding hydrogens is 1130 g/mol. The standard InChI is InChI=1S/C66H124O17P2/c1-6-9-12-15-18-21-23-24-25-26-28-30-37-42-47-52-66(71)83-62(56-77-64(69)50-45-40-35-32-31-33-38-43-48-59(4)5)58-81-85(74,75)79-54-60(67)53-78-84(72,73)80-57-61(55-76-63(68)49-44-39-34-20-17-14-11-8-3)82-65(70)51-46-41-36-29-27-22-19-16-13-10-7-2/h21,23-25,59-62,67H,6-20,22,26-58H2,1-5H3,(H,72,73)(H,74,75)/b23-21-,25-24-/t60-,61+,62+/m0/s1. The molecule has 0 aromatic carbocycles. The van der Waals surface area contributed by atoms with Gasteiger partial charge in [0.2, 0.25) is 0 Å². The van der Waals surface area contributed by atoms with Crippen LogP contribution in [0.25, 0.3) is 0 Å². The van der Waals surface area contributed by atoms with Crippen LogP contribution < -0.4 is 0 Å². The van der Waals surface area contributed by atoms with Gasteiger partial charge in [-0.05, 0) is 57.3 Å². The fourth-order valence-corrected chi connectivity index (χ4v) is 11.0. The lowest BCUT2D eigenvalue weighted by atomic mass is 10.0. The van der Waals surface area contributed by atoms with Gasteiger partial charge in [-0.3, -0.25) is 37.3 Å². The third-order valence-electron chi connectivity index (χ3n) is 14.7. The lowest BCUT2D eigenvalue weighted by Gasteiger charge is -2.21. The summed E-state index contributed by atoms with van der Waals surface area (Å²) in [5, 5.41) is 10.5. The summed E-state index contributed by atoms with van der Waals surface area (Å²) in [6.45, 7) is 7.08. The molecule has 0 aromatic rings. The van der Waals surface area contributed by atoms with E-state index in [-0.39, 0.29) is 25.7 Å². The van der Waals surface area contributed by atoms with Crippen molar-refractivity contribution in [2.75, 3.05) is 39.6 Å². The molecule has 19 heteroatoms. The van der Waals surface area contributed by atoms with E-state index in [1.165, 1.54) is 109 Å². The molecule has 0 aliphatic carbocycles. The molecule has 0 radical (unpaired) electrons. The highest BCUT2D eigenvalue weighted by Gasteiger charge is 2.30. The maximum Gasteiger partial charge on any atom is 0.472 e. The fourth-order valence-electron chi connectivity index (χ4n) is 9.40. The maximum absolute atomic E-state index is 13.0. The van der Waals surface area contributed by atoms with Crippen molar-refractivity contribution in [3.63, 3.8) is 0 Å². The van der Waals surface area contributed by atoms with Gasteiger partial charge in [0.15, 0.2) is 12.2 Å². The number of allylic oxidation sites excluding steroid dienone is 4. The summed E-state index contributed by atoms with van der Waals surface area (Å²) in [4.78, 5) is 72.2. The van der Waals surface area contributed by atoms with Crippen LogP contribution in [0, 0.1) is 5.92 Å². The molecule has 0 saturated carbocycles. The summed E-state index contributed by atoms with van der Waals surface area (Å²) < 4.78 is 68.0. The second kappa shape index (κ2) is 59.2. The molecule has 0 amide bonds. The molecule has 0 saturated heterocycles. The Morgan fingerprint density at radius 2 is 0.635 bits per heavy atom. The van der Waals surface area contributed by atoms with Crippen LogP contribution in [0.1, 0.15) is 311 Å². The van der Waals surface area contributed by atoms with Crippen LogP contribution in [0.2, 0.25) is 0 Å². The van der Waals surface area contributed by atoms with E-state index in [0.29, 0.717) is 25.7 Å². The van der Waals surface area contributed by atoms with E-state index in [9.17, 15) is 43.2 Å². The van der Waals surface area contributed by atoms with Crippen molar-refractivity contribution < 1.29 is 80.2 Å². The molecular formula is C66H124O17P2. The summed E-state index contributed by atoms with van der Waals surface area (Å²) in [5.41, 5.74) is 0. The van der Waals surface area contributed by atoms with Crippen LogP contribution in [-0.2, 0) is 65.4 Å². The first-order valence-electron chi connectivity index (χ1n) is 34.0. The minimum Gasteiger partial charge on any atom is -0.462 e. The van der Waals surface area contributed by atoms with Crippen molar-refractivity contribution in [2.24, 2.45) is 5.92 Å². The molecule has 500 valence electrons. The number of phosphoric acid groups is 2. The number of carbonyl (C=O) groups excluding carboxylic acids is 4. The molecule has 2 unspecified atom stereocenters. The number of aliphatic hydroxyl groups is 1. The van der Waals surface area contributed by atoms with Crippen molar-refractivity contribution in [3.05, 3.63) is 24.3 Å². The zero-order valence-corrected chi connectivity index (χ0v) is 56.0. The van der Waals surface area contributed by atoms with Gasteiger partial charge in [-0.1, -0.05) is 258 Å². The first-order valence-corrected chi connectivity index (χ1v) is 36.9. The van der Waals surface area contributed by atoms with Crippen LogP contribution in [0.5, 0.6) is 0 Å². The molecule has 0 aliphatic rings. The van der Waals surface area contributed by atoms with E-state index < -0.39 is 97.5 Å². The van der Waals surface area contributed by atoms with Crippen molar-refractivity contribution in [1.82, 2.24) is 0 Å². The molecule has 0 aromatic heterocycles. The average Bonchev–Trinajstić information content (AvgIpc) is 3.61. The topological polar surface area (TPSA) is 237 Å². The maximum atomic E-state index is 13.0. The lowest BCUT2D eigenvalue weighted by Crippen LogP contribution is -2.30. The monoisotopic (exact) mass is 1250 g/mol. The smallest absolute Gasteiger partial charge is 0.462 e. The Kier molecular flexibility index (Phi) is 57.5. The number of rotatable bonds is 64. The number of hydrogen-bond donors (Lipinski definition) is 3. The van der Waals surface area contributed by atoms with Gasteiger partial charge < -0.3 is 33.8 Å². The number of unbranched alkanes of at least 4 members (excludes halogenated alkanes) is 33. The van der Waals surface area contributed by atoms with Gasteiger partial charge in [0, 0.05) is 25.7 Å². The molecule has 0 bridgehead atoms. The zero-order valence-electron chi connectivity index (χ0n) is 54.2. The average molecular weight is 1250 g/mol. The second-order valence-corrected chi connectivity index (χ2v) is 26.6. The van der Waals surface area contributed by atoms with Crippen LogP contribution in [0.4, 0.5) is 0 Å². The zero-order chi connectivity index (χ0) is 62.8. The molecule has 17 nitrogen and oxygen atoms in total. The minimum absolute atomic E-state index is 0.0845. The molecule has 3 N–H and O–H groups in total. The Morgan fingerprint density at radius 1 is 0.365 bits per heavy atom. The normalized spacial score (nSPS) is 14.4. The number of carbonyl (C=O) groups is 4. The van der Waals surface area contributed by atoms with E-state index >= 15 is 0 Å². The van der Waals surface area contributed by atoms with Crippen LogP contribution in [0.3, 0.4) is 0 Å². The molecule has 0 fully saturated rings. The van der Waals surface area contributed by atoms with Crippen molar-refractivity contribution in [1.29, 1.82) is 0 Å². The van der Waals surface area contributed by atoms with Gasteiger partial charge in [-0.25, -0.2) is 9.13 Å². The van der Waals surface area contributed by atoms with Crippen molar-refractivity contribution >= 4 is 39.5 Å². The third-order valence-corrected chi connectivity index (χ3v) is 16.6. The first-order chi connectivity index (χ1) is 41.0. The Hall–Kier alpha value is -2.46. The van der Waals surface area contributed by atoms with Crippen molar-refractivity contribution in [3.8, 4) is 0 Å². The van der Waals surface area contributed by atoms with Crippen LogP contribution in [0.15, 0.2) is 24.3 Å². The van der Waals surface area contributed by atoms with Gasteiger partial charge in [-0.15, -0.1) is 0 Å². The van der Waals surface area contributed by atoms with Crippen LogP contribution >= 0.6 is 15.6 Å². The minimum atomic E-state index is -4.95. The Morgan fingerprint density at radius 3 is 0.965 bits per heavy atom.